The molecule has 0 aliphatic heterocycles. The molecule has 0 spiro atoms. The second-order valence-corrected chi connectivity index (χ2v) is 17.0. The van der Waals surface area contributed by atoms with E-state index in [0.29, 0.717) is 0 Å². The van der Waals surface area contributed by atoms with Gasteiger partial charge in [-0.05, 0) is 104 Å². The highest BCUT2D eigenvalue weighted by Gasteiger charge is 2.21. The van der Waals surface area contributed by atoms with Gasteiger partial charge in [-0.15, -0.1) is 11.3 Å². The molecule has 2 heterocycles. The van der Waals surface area contributed by atoms with Crippen LogP contribution in [-0.4, -0.2) is 4.98 Å². The van der Waals surface area contributed by atoms with E-state index in [1.54, 1.807) is 11.3 Å². The van der Waals surface area contributed by atoms with E-state index in [4.69, 9.17) is 9.40 Å². The summed E-state index contributed by atoms with van der Waals surface area (Å²) in [7, 11) is 0. The van der Waals surface area contributed by atoms with Gasteiger partial charge in [-0.1, -0.05) is 176 Å². The van der Waals surface area contributed by atoms with Gasteiger partial charge in [-0.3, -0.25) is 0 Å². The summed E-state index contributed by atoms with van der Waals surface area (Å²) in [5.74, 6) is 0. The Labute approximate surface area is 369 Å². The summed E-state index contributed by atoms with van der Waals surface area (Å²) in [6, 6.07) is 82.3. The molecule has 0 atom stereocenters. The molecule has 4 heteroatoms. The maximum absolute atomic E-state index is 6.79. The van der Waals surface area contributed by atoms with Crippen molar-refractivity contribution in [1.82, 2.24) is 4.98 Å². The first-order valence-electron chi connectivity index (χ1n) is 21.3. The van der Waals surface area contributed by atoms with Crippen molar-refractivity contribution < 1.29 is 4.42 Å². The number of para-hydroxylation sites is 1. The molecule has 0 saturated heterocycles. The highest BCUT2D eigenvalue weighted by Crippen LogP contribution is 2.46. The van der Waals surface area contributed by atoms with E-state index in [9.17, 15) is 0 Å². The molecule has 0 amide bonds. The highest BCUT2D eigenvalue weighted by molar-refractivity contribution is 7.21. The number of anilines is 3. The van der Waals surface area contributed by atoms with Gasteiger partial charge < -0.3 is 9.32 Å². The average molecular weight is 823 g/mol. The van der Waals surface area contributed by atoms with Crippen LogP contribution in [0.1, 0.15) is 0 Å². The third-order valence-electron chi connectivity index (χ3n) is 12.1. The van der Waals surface area contributed by atoms with Gasteiger partial charge in [-0.2, -0.15) is 0 Å². The number of aromatic nitrogens is 1. The number of rotatable bonds is 8. The molecule has 0 unspecified atom stereocenters. The number of nitrogens with zero attached hydrogens (tertiary/aromatic N) is 2. The van der Waals surface area contributed by atoms with Crippen molar-refractivity contribution >= 4 is 71.3 Å². The fourth-order valence-electron chi connectivity index (χ4n) is 8.94. The Morgan fingerprint density at radius 2 is 0.921 bits per heavy atom. The van der Waals surface area contributed by atoms with Gasteiger partial charge >= 0.3 is 0 Å². The van der Waals surface area contributed by atoms with Crippen LogP contribution in [-0.2, 0) is 0 Å². The summed E-state index contributed by atoms with van der Waals surface area (Å²) in [5, 5.41) is 5.57. The lowest BCUT2D eigenvalue weighted by atomic mass is 9.99. The summed E-state index contributed by atoms with van der Waals surface area (Å²) in [5.41, 5.74) is 16.1. The molecule has 0 aliphatic rings. The zero-order valence-electron chi connectivity index (χ0n) is 34.2. The van der Waals surface area contributed by atoms with Gasteiger partial charge in [0.2, 0.25) is 0 Å². The molecule has 0 fully saturated rings. The van der Waals surface area contributed by atoms with Crippen LogP contribution in [0, 0.1) is 0 Å². The first-order chi connectivity index (χ1) is 31.2. The fraction of sp³-hybridized carbons (Fsp3) is 0. The van der Waals surface area contributed by atoms with Crippen LogP contribution in [0.2, 0.25) is 0 Å². The fourth-order valence-corrected chi connectivity index (χ4v) is 9.96. The first-order valence-corrected chi connectivity index (χ1v) is 22.1. The van der Waals surface area contributed by atoms with E-state index in [0.717, 1.165) is 76.5 Å². The quantitative estimate of drug-likeness (QED) is 0.153. The zero-order valence-corrected chi connectivity index (χ0v) is 35.0. The number of hydrogen-bond acceptors (Lipinski definition) is 4. The van der Waals surface area contributed by atoms with Gasteiger partial charge in [0.15, 0.2) is 0 Å². The maximum Gasteiger partial charge on any atom is 0.145 e. The third kappa shape index (κ3) is 6.74. The zero-order chi connectivity index (χ0) is 41.7. The van der Waals surface area contributed by atoms with Gasteiger partial charge in [0, 0.05) is 33.6 Å². The molecule has 63 heavy (non-hydrogen) atoms. The van der Waals surface area contributed by atoms with Crippen LogP contribution >= 0.6 is 11.3 Å². The van der Waals surface area contributed by atoms with Crippen LogP contribution in [0.4, 0.5) is 17.1 Å². The van der Waals surface area contributed by atoms with E-state index in [-0.39, 0.29) is 0 Å². The lowest BCUT2D eigenvalue weighted by molar-refractivity contribution is 0.670. The van der Waals surface area contributed by atoms with Crippen LogP contribution < -0.4 is 4.90 Å². The standard InChI is InChI=1S/C59H38N2OS/c1-3-13-39(14-4-1)42-25-28-44(29-26-42)59-60-57-55(63-59)38-53(58-56(57)52-23-9-10-24-54(52)62-58)48-20-12-22-51(37-48)61(50-21-11-19-46(36-50)40-15-5-2-6-16-40)49-33-31-43(32-34-49)47-30-27-41-17-7-8-18-45(41)35-47/h1-38H. The Morgan fingerprint density at radius 3 is 1.68 bits per heavy atom. The summed E-state index contributed by atoms with van der Waals surface area (Å²) in [4.78, 5) is 7.68. The molecule has 3 nitrogen and oxygen atoms in total. The van der Waals surface area contributed by atoms with Crippen molar-refractivity contribution in [3.05, 3.63) is 231 Å². The minimum atomic E-state index is 0.842. The Balaban J connectivity index is 0.991. The first kappa shape index (κ1) is 36.8. The van der Waals surface area contributed by atoms with Crippen molar-refractivity contribution in [3.63, 3.8) is 0 Å². The Bertz CT molecular complexity index is 3610. The van der Waals surface area contributed by atoms with Crippen molar-refractivity contribution in [3.8, 4) is 55.1 Å². The van der Waals surface area contributed by atoms with Crippen LogP contribution in [0.25, 0.3) is 98.0 Å². The maximum atomic E-state index is 6.79. The summed E-state index contributed by atoms with van der Waals surface area (Å²) in [6.45, 7) is 0. The summed E-state index contributed by atoms with van der Waals surface area (Å²) >= 11 is 1.73. The summed E-state index contributed by atoms with van der Waals surface area (Å²) in [6.07, 6.45) is 0. The van der Waals surface area contributed by atoms with Gasteiger partial charge in [0.1, 0.15) is 16.2 Å². The normalized spacial score (nSPS) is 11.5. The van der Waals surface area contributed by atoms with E-state index in [2.05, 4.69) is 229 Å². The van der Waals surface area contributed by atoms with Gasteiger partial charge in [-0.25, -0.2) is 4.98 Å². The predicted octanol–water partition coefficient (Wildman–Crippen LogP) is 17.2. The van der Waals surface area contributed by atoms with E-state index in [1.165, 1.54) is 38.6 Å². The molecule has 296 valence electrons. The smallest absolute Gasteiger partial charge is 0.145 e. The van der Waals surface area contributed by atoms with Crippen molar-refractivity contribution in [2.45, 2.75) is 0 Å². The van der Waals surface area contributed by atoms with Crippen molar-refractivity contribution in [2.24, 2.45) is 0 Å². The molecule has 0 saturated carbocycles. The number of furan rings is 1. The van der Waals surface area contributed by atoms with Crippen LogP contribution in [0.5, 0.6) is 0 Å². The van der Waals surface area contributed by atoms with Crippen molar-refractivity contribution in [1.29, 1.82) is 0 Å². The van der Waals surface area contributed by atoms with E-state index >= 15 is 0 Å². The Hall–Kier alpha value is -8.05. The van der Waals surface area contributed by atoms with E-state index in [1.807, 2.05) is 6.07 Å². The van der Waals surface area contributed by atoms with Crippen LogP contribution in [0.3, 0.4) is 0 Å². The molecule has 12 aromatic rings. The second-order valence-electron chi connectivity index (χ2n) is 15.9. The minimum absolute atomic E-state index is 0.842. The molecule has 2 aromatic heterocycles. The summed E-state index contributed by atoms with van der Waals surface area (Å²) < 4.78 is 7.91. The number of fused-ring (bicyclic) bond motifs is 6. The molecule has 0 aliphatic carbocycles. The SMILES string of the molecule is c1ccc(-c2ccc(-c3nc4c(cc(-c5cccc(N(c6ccc(-c7ccc8ccccc8c7)cc6)c6cccc(-c7ccccc7)c6)c5)c5oc6ccccc6c54)s3)cc2)cc1. The second kappa shape index (κ2) is 15.4. The molecule has 0 N–H and O–H groups in total. The Morgan fingerprint density at radius 1 is 0.381 bits per heavy atom. The topological polar surface area (TPSA) is 29.3 Å². The number of hydrogen-bond donors (Lipinski definition) is 0. The average Bonchev–Trinajstić information content (AvgIpc) is 3.97. The predicted molar refractivity (Wildman–Crippen MR) is 266 cm³/mol. The van der Waals surface area contributed by atoms with E-state index < -0.39 is 0 Å². The van der Waals surface area contributed by atoms with Crippen molar-refractivity contribution in [2.75, 3.05) is 4.90 Å². The Kier molecular flexibility index (Phi) is 9.02. The van der Waals surface area contributed by atoms with Gasteiger partial charge in [0.25, 0.3) is 0 Å². The molecule has 10 aromatic carbocycles. The molecular weight excluding hydrogens is 785 g/mol. The number of benzene rings is 10. The van der Waals surface area contributed by atoms with Gasteiger partial charge in [0.05, 0.1) is 15.6 Å². The van der Waals surface area contributed by atoms with Crippen LogP contribution in [0.15, 0.2) is 235 Å². The number of thiazole rings is 1. The molecule has 0 bridgehead atoms. The third-order valence-corrected chi connectivity index (χ3v) is 13.1. The minimum Gasteiger partial charge on any atom is -0.455 e. The molecule has 12 rings (SSSR count). The molecule has 0 radical (unpaired) electrons. The lowest BCUT2D eigenvalue weighted by Crippen LogP contribution is -2.10. The molecular formula is C59H38N2OS. The lowest BCUT2D eigenvalue weighted by Gasteiger charge is -2.27. The monoisotopic (exact) mass is 822 g/mol. The largest absolute Gasteiger partial charge is 0.455 e. The highest BCUT2D eigenvalue weighted by atomic mass is 32.1.